The van der Waals surface area contributed by atoms with Crippen molar-refractivity contribution in [3.8, 4) is 0 Å². The maximum absolute atomic E-state index is 12.9. The van der Waals surface area contributed by atoms with E-state index in [0.717, 1.165) is 17.2 Å². The van der Waals surface area contributed by atoms with Crippen LogP contribution in [0.3, 0.4) is 0 Å². The van der Waals surface area contributed by atoms with Crippen molar-refractivity contribution < 1.29 is 28.3 Å². The Morgan fingerprint density at radius 3 is 2.42 bits per heavy atom. The van der Waals surface area contributed by atoms with Crippen LogP contribution in [0.1, 0.15) is 0 Å². The first-order valence-electron chi connectivity index (χ1n) is 5.28. The third-order valence-corrected chi connectivity index (χ3v) is 2.57. The number of hydrogen-bond acceptors (Lipinski definition) is 5. The zero-order valence-corrected chi connectivity index (χ0v) is 9.76. The van der Waals surface area contributed by atoms with Crippen LogP contribution in [0.4, 0.5) is 14.5 Å². The Morgan fingerprint density at radius 2 is 1.95 bits per heavy atom. The monoisotopic (exact) mass is 272 g/mol. The van der Waals surface area contributed by atoms with Crippen molar-refractivity contribution in [1.29, 1.82) is 0 Å². The molecular formula is C11H10F2N2O4. The summed E-state index contributed by atoms with van der Waals surface area (Å²) in [6.07, 6.45) is -1.45. The molecule has 19 heavy (non-hydrogen) atoms. The van der Waals surface area contributed by atoms with Crippen LogP contribution in [0.25, 0.3) is 0 Å². The second-order valence-corrected chi connectivity index (χ2v) is 4.00. The molecule has 1 amide bonds. The van der Waals surface area contributed by atoms with Crippen LogP contribution < -0.4 is 5.32 Å². The van der Waals surface area contributed by atoms with Crippen molar-refractivity contribution in [2.75, 3.05) is 12.4 Å². The van der Waals surface area contributed by atoms with Gasteiger partial charge in [-0.05, 0) is 12.1 Å². The molecule has 2 unspecified atom stereocenters. The maximum Gasteiger partial charge on any atom is 0.341 e. The van der Waals surface area contributed by atoms with Gasteiger partial charge in [0.05, 0.1) is 0 Å². The highest BCUT2D eigenvalue weighted by molar-refractivity contribution is 6.05. The van der Waals surface area contributed by atoms with E-state index >= 15 is 0 Å². The van der Waals surface area contributed by atoms with Gasteiger partial charge in [-0.2, -0.15) is 0 Å². The van der Waals surface area contributed by atoms with E-state index in [9.17, 15) is 23.5 Å². The average Bonchev–Trinajstić information content (AvgIpc) is 2.51. The molecule has 2 N–H and O–H groups in total. The number of amides is 1. The Morgan fingerprint density at radius 1 is 1.37 bits per heavy atom. The summed E-state index contributed by atoms with van der Waals surface area (Å²) in [5.74, 6) is -5.07. The molecule has 2 rings (SSSR count). The van der Waals surface area contributed by atoms with Gasteiger partial charge in [0.25, 0.3) is 0 Å². The minimum absolute atomic E-state index is 0.156. The number of nitrogens with one attached hydrogen (secondary N) is 1. The predicted molar refractivity (Wildman–Crippen MR) is 58.3 cm³/mol. The van der Waals surface area contributed by atoms with Gasteiger partial charge >= 0.3 is 5.97 Å². The van der Waals surface area contributed by atoms with Gasteiger partial charge in [-0.1, -0.05) is 0 Å². The van der Waals surface area contributed by atoms with Gasteiger partial charge in [0.1, 0.15) is 11.6 Å². The number of anilines is 1. The predicted octanol–water partition coefficient (Wildman–Crippen LogP) is 0.241. The van der Waals surface area contributed by atoms with E-state index in [1.807, 2.05) is 0 Å². The van der Waals surface area contributed by atoms with Crippen molar-refractivity contribution in [3.05, 3.63) is 29.8 Å². The van der Waals surface area contributed by atoms with E-state index < -0.39 is 35.7 Å². The fourth-order valence-electron chi connectivity index (χ4n) is 1.67. The lowest BCUT2D eigenvalue weighted by molar-refractivity contribution is -0.183. The van der Waals surface area contributed by atoms with Gasteiger partial charge in [-0.25, -0.2) is 13.6 Å². The van der Waals surface area contributed by atoms with Crippen LogP contribution >= 0.6 is 0 Å². The van der Waals surface area contributed by atoms with Crippen LogP contribution in [-0.2, 0) is 14.4 Å². The van der Waals surface area contributed by atoms with Gasteiger partial charge in [0.2, 0.25) is 5.91 Å². The van der Waals surface area contributed by atoms with Gasteiger partial charge in [-0.15, -0.1) is 5.06 Å². The van der Waals surface area contributed by atoms with E-state index in [4.69, 9.17) is 0 Å². The molecule has 2 atom stereocenters. The first kappa shape index (κ1) is 13.4. The number of carbonyl (C=O) groups excluding carboxylic acids is 2. The van der Waals surface area contributed by atoms with Gasteiger partial charge < -0.3 is 15.3 Å². The SMILES string of the molecule is CN1OC(=O)C(C(=O)Nc2cc(F)cc(F)c2)C1O. The minimum atomic E-state index is -1.48. The quantitative estimate of drug-likeness (QED) is 0.754. The number of aliphatic hydroxyl groups excluding tert-OH is 1. The summed E-state index contributed by atoms with van der Waals surface area (Å²) in [6.45, 7) is 0. The molecule has 0 radical (unpaired) electrons. The smallest absolute Gasteiger partial charge is 0.341 e. The van der Waals surface area contributed by atoms with Gasteiger partial charge in [-0.3, -0.25) is 4.79 Å². The van der Waals surface area contributed by atoms with Crippen molar-refractivity contribution in [1.82, 2.24) is 5.06 Å². The Kier molecular flexibility index (Phi) is 3.45. The second-order valence-electron chi connectivity index (χ2n) is 4.00. The molecule has 6 nitrogen and oxygen atoms in total. The number of carbonyl (C=O) groups is 2. The zero-order chi connectivity index (χ0) is 14.2. The number of hydroxylamine groups is 2. The number of nitrogens with zero attached hydrogens (tertiary/aromatic N) is 1. The number of halogens is 2. The van der Waals surface area contributed by atoms with Crippen LogP contribution in [0.2, 0.25) is 0 Å². The summed E-state index contributed by atoms with van der Waals surface area (Å²) in [5, 5.41) is 12.5. The zero-order valence-electron chi connectivity index (χ0n) is 9.76. The fourth-order valence-corrected chi connectivity index (χ4v) is 1.67. The average molecular weight is 272 g/mol. The molecule has 1 fully saturated rings. The summed E-state index contributed by atoms with van der Waals surface area (Å²) >= 11 is 0. The number of aliphatic hydroxyl groups is 1. The summed E-state index contributed by atoms with van der Waals surface area (Å²) in [5.41, 5.74) is -0.156. The molecule has 102 valence electrons. The lowest BCUT2D eigenvalue weighted by Crippen LogP contribution is -2.37. The normalized spacial score (nSPS) is 23.3. The van der Waals surface area contributed by atoms with Gasteiger partial charge in [0.15, 0.2) is 12.1 Å². The Balaban J connectivity index is 2.15. The lowest BCUT2D eigenvalue weighted by atomic mass is 10.1. The van der Waals surface area contributed by atoms with Crippen LogP contribution in [0.5, 0.6) is 0 Å². The fraction of sp³-hybridized carbons (Fsp3) is 0.273. The topological polar surface area (TPSA) is 78.9 Å². The van der Waals surface area contributed by atoms with Crippen molar-refractivity contribution in [2.45, 2.75) is 6.23 Å². The molecular weight excluding hydrogens is 262 g/mol. The van der Waals surface area contributed by atoms with Gasteiger partial charge in [0, 0.05) is 18.8 Å². The molecule has 1 aliphatic rings. The molecule has 1 heterocycles. The van der Waals surface area contributed by atoms with E-state index in [-0.39, 0.29) is 5.69 Å². The molecule has 0 aliphatic carbocycles. The van der Waals surface area contributed by atoms with Crippen LogP contribution in [0.15, 0.2) is 18.2 Å². The molecule has 8 heteroatoms. The summed E-state index contributed by atoms with van der Waals surface area (Å²) in [4.78, 5) is 27.6. The molecule has 0 aromatic heterocycles. The number of rotatable bonds is 2. The van der Waals surface area contributed by atoms with Crippen molar-refractivity contribution in [3.63, 3.8) is 0 Å². The maximum atomic E-state index is 12.9. The van der Waals surface area contributed by atoms with Crippen LogP contribution in [0, 0.1) is 17.6 Å². The molecule has 0 spiro atoms. The third kappa shape index (κ3) is 2.69. The molecule has 0 bridgehead atoms. The Hall–Kier alpha value is -2.06. The summed E-state index contributed by atoms with van der Waals surface area (Å²) in [7, 11) is 1.28. The largest absolute Gasteiger partial charge is 0.374 e. The Labute approximate surface area is 106 Å². The van der Waals surface area contributed by atoms with Crippen LogP contribution in [-0.4, -0.2) is 35.3 Å². The summed E-state index contributed by atoms with van der Waals surface area (Å²) in [6, 6.07) is 2.41. The third-order valence-electron chi connectivity index (χ3n) is 2.57. The summed E-state index contributed by atoms with van der Waals surface area (Å²) < 4.78 is 25.9. The first-order chi connectivity index (χ1) is 8.88. The molecule has 0 saturated carbocycles. The standard InChI is InChI=1S/C11H10F2N2O4/c1-15-10(17)8(11(18)19-15)9(16)14-7-3-5(12)2-6(13)4-7/h2-4,8,10,17H,1H3,(H,14,16). The highest BCUT2D eigenvalue weighted by atomic mass is 19.1. The minimum Gasteiger partial charge on any atom is -0.374 e. The number of hydrogen-bond donors (Lipinski definition) is 2. The molecule has 1 aromatic rings. The van der Waals surface area contributed by atoms with E-state index in [1.54, 1.807) is 0 Å². The molecule has 1 aliphatic heterocycles. The number of benzene rings is 1. The van der Waals surface area contributed by atoms with E-state index in [1.165, 1.54) is 7.05 Å². The highest BCUT2D eigenvalue weighted by Gasteiger charge is 2.45. The second kappa shape index (κ2) is 4.90. The van der Waals surface area contributed by atoms with Crippen molar-refractivity contribution in [2.24, 2.45) is 5.92 Å². The Bertz CT molecular complexity index is 517. The molecule has 1 saturated heterocycles. The first-order valence-corrected chi connectivity index (χ1v) is 5.28. The van der Waals surface area contributed by atoms with E-state index in [0.29, 0.717) is 6.07 Å². The van der Waals surface area contributed by atoms with Crippen molar-refractivity contribution >= 4 is 17.6 Å². The molecule has 1 aromatic carbocycles. The van der Waals surface area contributed by atoms with E-state index in [2.05, 4.69) is 10.2 Å². The lowest BCUT2D eigenvalue weighted by Gasteiger charge is -2.13. The highest BCUT2D eigenvalue weighted by Crippen LogP contribution is 2.21.